The molecule has 1 aromatic rings. The summed E-state index contributed by atoms with van der Waals surface area (Å²) in [4.78, 5) is 0. The van der Waals surface area contributed by atoms with Gasteiger partial charge in [0.15, 0.2) is 0 Å². The maximum atomic E-state index is 8.86. The summed E-state index contributed by atoms with van der Waals surface area (Å²) >= 11 is 3.52. The summed E-state index contributed by atoms with van der Waals surface area (Å²) in [6.07, 6.45) is 0.903. The fraction of sp³-hybridized carbons (Fsp3) is 0.417. The zero-order valence-electron chi connectivity index (χ0n) is 9.05. The fourth-order valence-corrected chi connectivity index (χ4v) is 2.39. The summed E-state index contributed by atoms with van der Waals surface area (Å²) in [7, 11) is 0. The summed E-state index contributed by atoms with van der Waals surface area (Å²) in [6.45, 7) is 4.93. The first-order chi connectivity index (χ1) is 7.01. The van der Waals surface area contributed by atoms with Gasteiger partial charge in [0.1, 0.15) is 0 Å². The molecule has 0 aliphatic carbocycles. The summed E-state index contributed by atoms with van der Waals surface area (Å²) in [6, 6.07) is 7.82. The van der Waals surface area contributed by atoms with E-state index < -0.39 is 0 Å². The first-order valence-electron chi connectivity index (χ1n) is 4.91. The van der Waals surface area contributed by atoms with Crippen LogP contribution in [0.25, 0.3) is 0 Å². The van der Waals surface area contributed by atoms with E-state index in [9.17, 15) is 0 Å². The molecule has 1 aromatic carbocycles. The van der Waals surface area contributed by atoms with E-state index in [0.29, 0.717) is 12.1 Å². The van der Waals surface area contributed by atoms with Gasteiger partial charge in [0, 0.05) is 4.47 Å². The van der Waals surface area contributed by atoms with E-state index in [1.165, 1.54) is 0 Å². The molecule has 0 saturated heterocycles. The Balaban J connectivity index is 3.18. The molecule has 0 bridgehead atoms. The highest BCUT2D eigenvalue weighted by atomic mass is 79.9. The topological polar surface area (TPSA) is 49.8 Å². The second-order valence-electron chi connectivity index (χ2n) is 4.23. The standard InChI is InChI=1S/C12H15BrN2/c1-12(2,5-6-14)10-7-9(8-15)3-4-11(10)13/h3-4,7H,5-6,14H2,1-2H3. The highest BCUT2D eigenvalue weighted by molar-refractivity contribution is 9.10. The second kappa shape index (κ2) is 4.78. The van der Waals surface area contributed by atoms with Gasteiger partial charge in [-0.2, -0.15) is 5.26 Å². The Hall–Kier alpha value is -0.850. The van der Waals surface area contributed by atoms with Gasteiger partial charge in [0.25, 0.3) is 0 Å². The number of benzene rings is 1. The highest BCUT2D eigenvalue weighted by Gasteiger charge is 2.22. The molecule has 0 radical (unpaired) electrons. The van der Waals surface area contributed by atoms with Crippen molar-refractivity contribution in [2.75, 3.05) is 6.54 Å². The minimum Gasteiger partial charge on any atom is -0.330 e. The van der Waals surface area contributed by atoms with Crippen molar-refractivity contribution in [1.29, 1.82) is 5.26 Å². The van der Waals surface area contributed by atoms with Crippen molar-refractivity contribution in [3.8, 4) is 6.07 Å². The number of rotatable bonds is 3. The van der Waals surface area contributed by atoms with Crippen molar-refractivity contribution in [2.24, 2.45) is 5.73 Å². The third-order valence-corrected chi connectivity index (χ3v) is 3.29. The van der Waals surface area contributed by atoms with E-state index in [-0.39, 0.29) is 5.41 Å². The molecule has 3 heteroatoms. The normalized spacial score (nSPS) is 11.1. The number of nitrogens with two attached hydrogens (primary N) is 1. The van der Waals surface area contributed by atoms with Crippen LogP contribution in [-0.4, -0.2) is 6.54 Å². The van der Waals surface area contributed by atoms with Gasteiger partial charge in [-0.3, -0.25) is 0 Å². The quantitative estimate of drug-likeness (QED) is 0.915. The van der Waals surface area contributed by atoms with Crippen LogP contribution < -0.4 is 5.73 Å². The highest BCUT2D eigenvalue weighted by Crippen LogP contribution is 2.33. The minimum atomic E-state index is 0.000440. The lowest BCUT2D eigenvalue weighted by Crippen LogP contribution is -2.22. The molecule has 15 heavy (non-hydrogen) atoms. The first kappa shape index (κ1) is 12.2. The van der Waals surface area contributed by atoms with E-state index in [4.69, 9.17) is 11.0 Å². The van der Waals surface area contributed by atoms with Crippen molar-refractivity contribution >= 4 is 15.9 Å². The van der Waals surface area contributed by atoms with Crippen LogP contribution in [0.3, 0.4) is 0 Å². The van der Waals surface area contributed by atoms with Crippen LogP contribution in [0.4, 0.5) is 0 Å². The van der Waals surface area contributed by atoms with Gasteiger partial charge in [-0.25, -0.2) is 0 Å². The lowest BCUT2D eigenvalue weighted by molar-refractivity contribution is 0.485. The van der Waals surface area contributed by atoms with Crippen molar-refractivity contribution in [3.63, 3.8) is 0 Å². The van der Waals surface area contributed by atoms with Crippen LogP contribution in [0.1, 0.15) is 31.4 Å². The molecule has 80 valence electrons. The second-order valence-corrected chi connectivity index (χ2v) is 5.08. The zero-order valence-corrected chi connectivity index (χ0v) is 10.6. The number of hydrogen-bond acceptors (Lipinski definition) is 2. The number of halogens is 1. The molecule has 0 spiro atoms. The zero-order chi connectivity index (χ0) is 11.5. The van der Waals surface area contributed by atoms with Crippen LogP contribution in [0, 0.1) is 11.3 Å². The maximum absolute atomic E-state index is 8.86. The Kier molecular flexibility index (Phi) is 3.90. The van der Waals surface area contributed by atoms with Crippen LogP contribution in [0.15, 0.2) is 22.7 Å². The summed E-state index contributed by atoms with van der Waals surface area (Å²) in [5, 5.41) is 8.86. The lowest BCUT2D eigenvalue weighted by atomic mass is 9.81. The van der Waals surface area contributed by atoms with Crippen LogP contribution in [-0.2, 0) is 5.41 Å². The smallest absolute Gasteiger partial charge is 0.0991 e. The maximum Gasteiger partial charge on any atom is 0.0991 e. The molecular weight excluding hydrogens is 252 g/mol. The molecule has 1 rings (SSSR count). The molecule has 0 aromatic heterocycles. The average Bonchev–Trinajstić information content (AvgIpc) is 2.18. The Morgan fingerprint density at radius 1 is 1.47 bits per heavy atom. The van der Waals surface area contributed by atoms with Gasteiger partial charge in [-0.05, 0) is 42.1 Å². The fourth-order valence-electron chi connectivity index (χ4n) is 1.61. The molecule has 0 heterocycles. The Labute approximate surface area is 99.2 Å². The predicted molar refractivity (Wildman–Crippen MR) is 65.6 cm³/mol. The van der Waals surface area contributed by atoms with Gasteiger partial charge in [0.2, 0.25) is 0 Å². The van der Waals surface area contributed by atoms with Crippen LogP contribution in [0.5, 0.6) is 0 Å². The monoisotopic (exact) mass is 266 g/mol. The Morgan fingerprint density at radius 3 is 2.67 bits per heavy atom. The summed E-state index contributed by atoms with van der Waals surface area (Å²) in [5.74, 6) is 0. The largest absolute Gasteiger partial charge is 0.330 e. The molecule has 2 nitrogen and oxygen atoms in total. The molecule has 2 N–H and O–H groups in total. The van der Waals surface area contributed by atoms with Crippen molar-refractivity contribution in [2.45, 2.75) is 25.7 Å². The van der Waals surface area contributed by atoms with Crippen LogP contribution in [0.2, 0.25) is 0 Å². The molecule has 0 unspecified atom stereocenters. The summed E-state index contributed by atoms with van der Waals surface area (Å²) in [5.41, 5.74) is 7.43. The van der Waals surface area contributed by atoms with E-state index in [0.717, 1.165) is 16.5 Å². The molecule has 0 fully saturated rings. The van der Waals surface area contributed by atoms with Gasteiger partial charge in [-0.15, -0.1) is 0 Å². The van der Waals surface area contributed by atoms with Gasteiger partial charge in [0.05, 0.1) is 11.6 Å². The van der Waals surface area contributed by atoms with Crippen LogP contribution >= 0.6 is 15.9 Å². The summed E-state index contributed by atoms with van der Waals surface area (Å²) < 4.78 is 1.04. The minimum absolute atomic E-state index is 0.000440. The number of hydrogen-bond donors (Lipinski definition) is 1. The molecular formula is C12H15BrN2. The van der Waals surface area contributed by atoms with Gasteiger partial charge in [-0.1, -0.05) is 29.8 Å². The van der Waals surface area contributed by atoms with Gasteiger partial charge < -0.3 is 5.73 Å². The van der Waals surface area contributed by atoms with E-state index in [1.54, 1.807) is 0 Å². The van der Waals surface area contributed by atoms with E-state index in [1.807, 2.05) is 18.2 Å². The SMILES string of the molecule is CC(C)(CCN)c1cc(C#N)ccc1Br. The number of nitrogens with zero attached hydrogens (tertiary/aromatic N) is 1. The van der Waals surface area contributed by atoms with Crippen molar-refractivity contribution in [1.82, 2.24) is 0 Å². The lowest BCUT2D eigenvalue weighted by Gasteiger charge is -2.26. The number of nitriles is 1. The third kappa shape index (κ3) is 2.80. The Bertz CT molecular complexity index is 391. The predicted octanol–water partition coefficient (Wildman–Crippen LogP) is 2.95. The molecule has 0 aliphatic heterocycles. The Morgan fingerprint density at radius 2 is 2.13 bits per heavy atom. The van der Waals surface area contributed by atoms with E-state index >= 15 is 0 Å². The molecule has 0 aliphatic rings. The molecule has 0 atom stereocenters. The van der Waals surface area contributed by atoms with Crippen molar-refractivity contribution in [3.05, 3.63) is 33.8 Å². The van der Waals surface area contributed by atoms with Crippen molar-refractivity contribution < 1.29 is 0 Å². The third-order valence-electron chi connectivity index (χ3n) is 2.59. The molecule has 0 saturated carbocycles. The molecule has 0 amide bonds. The average molecular weight is 267 g/mol. The van der Waals surface area contributed by atoms with Gasteiger partial charge >= 0.3 is 0 Å². The first-order valence-corrected chi connectivity index (χ1v) is 5.71. The van der Waals surface area contributed by atoms with E-state index in [2.05, 4.69) is 35.8 Å².